The fourth-order valence-corrected chi connectivity index (χ4v) is 3.29. The van der Waals surface area contributed by atoms with Crippen molar-refractivity contribution in [2.45, 2.75) is 6.10 Å². The molecule has 102 valence electrons. The van der Waals surface area contributed by atoms with Gasteiger partial charge in [-0.05, 0) is 34.5 Å². The summed E-state index contributed by atoms with van der Waals surface area (Å²) in [6, 6.07) is 10.3. The molecule has 1 fully saturated rings. The van der Waals surface area contributed by atoms with Crippen molar-refractivity contribution in [2.75, 3.05) is 24.6 Å². The molecule has 1 aliphatic rings. The molecule has 2 aromatic heterocycles. The fraction of sp³-hybridized carbons (Fsp3) is 0.267. The Labute approximate surface area is 121 Å². The van der Waals surface area contributed by atoms with Crippen LogP contribution in [0.4, 0.5) is 5.95 Å². The maximum atomic E-state index is 5.87. The number of ether oxygens (including phenoxy) is 1. The molecule has 1 unspecified atom stereocenters. The highest BCUT2D eigenvalue weighted by atomic mass is 32.1. The number of H-pyrrole nitrogens is 1. The Bertz CT molecular complexity index is 674. The van der Waals surface area contributed by atoms with Crippen LogP contribution in [0.3, 0.4) is 0 Å². The Balaban J connectivity index is 1.61. The van der Waals surface area contributed by atoms with E-state index in [1.165, 1.54) is 5.56 Å². The molecule has 1 atom stereocenters. The number of hydrogen-bond acceptors (Lipinski definition) is 4. The second-order valence-corrected chi connectivity index (χ2v) is 5.72. The zero-order valence-electron chi connectivity index (χ0n) is 11.0. The highest BCUT2D eigenvalue weighted by molar-refractivity contribution is 7.07. The molecule has 1 aliphatic heterocycles. The number of aromatic nitrogens is 2. The maximum absolute atomic E-state index is 5.87. The third kappa shape index (κ3) is 2.09. The van der Waals surface area contributed by atoms with Crippen LogP contribution in [0.25, 0.3) is 11.0 Å². The number of fused-ring (bicyclic) bond motifs is 1. The molecule has 0 aliphatic carbocycles. The molecule has 1 aromatic carbocycles. The second kappa shape index (κ2) is 4.92. The molecule has 0 bridgehead atoms. The van der Waals surface area contributed by atoms with Gasteiger partial charge < -0.3 is 14.6 Å². The summed E-state index contributed by atoms with van der Waals surface area (Å²) in [5, 5.41) is 4.26. The molecule has 20 heavy (non-hydrogen) atoms. The minimum atomic E-state index is 0.142. The summed E-state index contributed by atoms with van der Waals surface area (Å²) < 4.78 is 5.87. The summed E-state index contributed by atoms with van der Waals surface area (Å²) in [7, 11) is 0. The largest absolute Gasteiger partial charge is 0.370 e. The van der Waals surface area contributed by atoms with Crippen LogP contribution in [0.2, 0.25) is 0 Å². The molecule has 0 radical (unpaired) electrons. The summed E-state index contributed by atoms with van der Waals surface area (Å²) in [4.78, 5) is 10.3. The van der Waals surface area contributed by atoms with Gasteiger partial charge >= 0.3 is 0 Å². The van der Waals surface area contributed by atoms with Gasteiger partial charge in [0, 0.05) is 6.54 Å². The zero-order chi connectivity index (χ0) is 13.4. The lowest BCUT2D eigenvalue weighted by Crippen LogP contribution is -2.38. The first-order valence-corrected chi connectivity index (χ1v) is 7.68. The summed E-state index contributed by atoms with van der Waals surface area (Å²) in [5.74, 6) is 0.940. The predicted octanol–water partition coefficient (Wildman–Crippen LogP) is 3.20. The van der Waals surface area contributed by atoms with E-state index >= 15 is 0 Å². The Morgan fingerprint density at radius 1 is 1.30 bits per heavy atom. The van der Waals surface area contributed by atoms with E-state index in [1.54, 1.807) is 11.3 Å². The quantitative estimate of drug-likeness (QED) is 0.786. The van der Waals surface area contributed by atoms with Gasteiger partial charge in [0.1, 0.15) is 6.10 Å². The van der Waals surface area contributed by atoms with Gasteiger partial charge in [0.05, 0.1) is 24.2 Å². The van der Waals surface area contributed by atoms with Gasteiger partial charge in [-0.15, -0.1) is 0 Å². The third-order valence-electron chi connectivity index (χ3n) is 3.66. The van der Waals surface area contributed by atoms with E-state index in [4.69, 9.17) is 4.74 Å². The van der Waals surface area contributed by atoms with E-state index in [9.17, 15) is 0 Å². The van der Waals surface area contributed by atoms with Crippen LogP contribution in [0.1, 0.15) is 11.7 Å². The number of thiophene rings is 1. The molecule has 1 N–H and O–H groups in total. The SMILES string of the molecule is c1ccc2[nH]c(N3CCOC(c4ccsc4)C3)nc2c1. The van der Waals surface area contributed by atoms with Crippen LogP contribution in [-0.4, -0.2) is 29.7 Å². The average Bonchev–Trinajstić information content (AvgIpc) is 3.16. The fourth-order valence-electron chi connectivity index (χ4n) is 2.59. The number of benzene rings is 1. The van der Waals surface area contributed by atoms with Crippen LogP contribution < -0.4 is 4.90 Å². The third-order valence-corrected chi connectivity index (χ3v) is 4.36. The highest BCUT2D eigenvalue weighted by Gasteiger charge is 2.24. The number of nitrogens with zero attached hydrogens (tertiary/aromatic N) is 2. The van der Waals surface area contributed by atoms with Gasteiger partial charge in [0.2, 0.25) is 5.95 Å². The van der Waals surface area contributed by atoms with Crippen molar-refractivity contribution < 1.29 is 4.74 Å². The number of para-hydroxylation sites is 2. The van der Waals surface area contributed by atoms with Crippen LogP contribution in [0.5, 0.6) is 0 Å². The van der Waals surface area contributed by atoms with Crippen molar-refractivity contribution >= 4 is 28.3 Å². The number of aromatic amines is 1. The number of imidazole rings is 1. The minimum Gasteiger partial charge on any atom is -0.370 e. The van der Waals surface area contributed by atoms with Gasteiger partial charge in [0.15, 0.2) is 0 Å². The summed E-state index contributed by atoms with van der Waals surface area (Å²) in [6.07, 6.45) is 0.142. The van der Waals surface area contributed by atoms with Crippen molar-refractivity contribution in [1.29, 1.82) is 0 Å². The second-order valence-electron chi connectivity index (χ2n) is 4.94. The van der Waals surface area contributed by atoms with Gasteiger partial charge in [-0.25, -0.2) is 4.98 Å². The Morgan fingerprint density at radius 3 is 3.10 bits per heavy atom. The van der Waals surface area contributed by atoms with E-state index in [2.05, 4.69) is 37.8 Å². The molecule has 0 saturated carbocycles. The van der Waals surface area contributed by atoms with Gasteiger partial charge in [-0.3, -0.25) is 0 Å². The van der Waals surface area contributed by atoms with Crippen LogP contribution in [0, 0.1) is 0 Å². The molecule has 1 saturated heterocycles. The minimum absolute atomic E-state index is 0.142. The molecule has 0 amide bonds. The number of rotatable bonds is 2. The van der Waals surface area contributed by atoms with Crippen molar-refractivity contribution in [2.24, 2.45) is 0 Å². The molecular weight excluding hydrogens is 270 g/mol. The molecule has 5 heteroatoms. The first-order chi connectivity index (χ1) is 9.90. The normalized spacial score (nSPS) is 19.6. The molecule has 3 heterocycles. The highest BCUT2D eigenvalue weighted by Crippen LogP contribution is 2.27. The monoisotopic (exact) mass is 285 g/mol. The Morgan fingerprint density at radius 2 is 2.25 bits per heavy atom. The average molecular weight is 285 g/mol. The lowest BCUT2D eigenvalue weighted by atomic mass is 10.1. The van der Waals surface area contributed by atoms with Gasteiger partial charge in [0.25, 0.3) is 0 Å². The molecule has 3 aromatic rings. The number of hydrogen-bond donors (Lipinski definition) is 1. The van der Waals surface area contributed by atoms with E-state index in [0.717, 1.165) is 36.7 Å². The maximum Gasteiger partial charge on any atom is 0.204 e. The van der Waals surface area contributed by atoms with Crippen molar-refractivity contribution in [1.82, 2.24) is 9.97 Å². The molecule has 4 rings (SSSR count). The van der Waals surface area contributed by atoms with Gasteiger partial charge in [-0.2, -0.15) is 11.3 Å². The van der Waals surface area contributed by atoms with Crippen molar-refractivity contribution in [3.8, 4) is 0 Å². The van der Waals surface area contributed by atoms with E-state index < -0.39 is 0 Å². The van der Waals surface area contributed by atoms with Gasteiger partial charge in [-0.1, -0.05) is 12.1 Å². The van der Waals surface area contributed by atoms with Crippen molar-refractivity contribution in [3.63, 3.8) is 0 Å². The first-order valence-electron chi connectivity index (χ1n) is 6.73. The molecular formula is C15H15N3OS. The summed E-state index contributed by atoms with van der Waals surface area (Å²) in [6.45, 7) is 2.45. The summed E-state index contributed by atoms with van der Waals surface area (Å²) >= 11 is 1.71. The Hall–Kier alpha value is -1.85. The molecule has 0 spiro atoms. The van der Waals surface area contributed by atoms with Crippen LogP contribution in [-0.2, 0) is 4.74 Å². The van der Waals surface area contributed by atoms with Crippen molar-refractivity contribution in [3.05, 3.63) is 46.7 Å². The topological polar surface area (TPSA) is 41.2 Å². The standard InChI is InChI=1S/C15H15N3OS/c1-2-4-13-12(3-1)16-15(17-13)18-6-7-19-14(9-18)11-5-8-20-10-11/h1-5,8,10,14H,6-7,9H2,(H,16,17). The number of morpholine rings is 1. The number of anilines is 1. The Kier molecular flexibility index (Phi) is 2.94. The van der Waals surface area contributed by atoms with E-state index in [0.29, 0.717) is 0 Å². The number of nitrogens with one attached hydrogen (secondary N) is 1. The van der Waals surface area contributed by atoms with E-state index in [1.807, 2.05) is 18.2 Å². The zero-order valence-corrected chi connectivity index (χ0v) is 11.8. The first kappa shape index (κ1) is 11.9. The lowest BCUT2D eigenvalue weighted by Gasteiger charge is -2.32. The van der Waals surface area contributed by atoms with Crippen LogP contribution >= 0.6 is 11.3 Å². The smallest absolute Gasteiger partial charge is 0.204 e. The van der Waals surface area contributed by atoms with Crippen LogP contribution in [0.15, 0.2) is 41.1 Å². The lowest BCUT2D eigenvalue weighted by molar-refractivity contribution is 0.0396. The molecule has 4 nitrogen and oxygen atoms in total. The van der Waals surface area contributed by atoms with E-state index in [-0.39, 0.29) is 6.10 Å². The predicted molar refractivity (Wildman–Crippen MR) is 81.3 cm³/mol. The summed E-state index contributed by atoms with van der Waals surface area (Å²) in [5.41, 5.74) is 3.36.